The van der Waals surface area contributed by atoms with Crippen LogP contribution in [0.2, 0.25) is 12.1 Å². The van der Waals surface area contributed by atoms with E-state index in [0.29, 0.717) is 25.0 Å². The molecule has 0 saturated heterocycles. The van der Waals surface area contributed by atoms with Gasteiger partial charge in [-0.15, -0.1) is 34.0 Å². The predicted molar refractivity (Wildman–Crippen MR) is 323 cm³/mol. The molecular formula is C64H82N2O4S3Si. The largest absolute Gasteiger partial charge is 0.493 e. The lowest BCUT2D eigenvalue weighted by Crippen LogP contribution is -2.54. The summed E-state index contributed by atoms with van der Waals surface area (Å²) in [5, 5.41) is 3.27. The van der Waals surface area contributed by atoms with E-state index in [1.165, 1.54) is 126 Å². The summed E-state index contributed by atoms with van der Waals surface area (Å²) in [4.78, 5) is 13.8. The molecule has 2 aliphatic rings. The minimum Gasteiger partial charge on any atom is -0.493 e. The molecule has 2 unspecified atom stereocenters. The summed E-state index contributed by atoms with van der Waals surface area (Å²) in [6.45, 7) is 25.9. The Balaban J connectivity index is 1.13. The molecule has 2 atom stereocenters. The van der Waals surface area contributed by atoms with Crippen molar-refractivity contribution < 1.29 is 18.9 Å². The number of ether oxygens (including phenoxy) is 4. The van der Waals surface area contributed by atoms with Gasteiger partial charge in [-0.2, -0.15) is 0 Å². The van der Waals surface area contributed by atoms with Crippen LogP contribution in [-0.2, 0) is 0 Å². The number of rotatable bonds is 30. The summed E-state index contributed by atoms with van der Waals surface area (Å²) in [6.07, 6.45) is 21.9. The Bertz CT molecular complexity index is 2690. The van der Waals surface area contributed by atoms with Gasteiger partial charge >= 0.3 is 0 Å². The number of allylic oxidation sites excluding steroid dienone is 1. The number of thiophene rings is 3. The highest BCUT2D eigenvalue weighted by atomic mass is 32.1. The fourth-order valence-electron chi connectivity index (χ4n) is 10.9. The summed E-state index contributed by atoms with van der Waals surface area (Å²) in [5.74, 6) is 4.71. The second kappa shape index (κ2) is 27.3. The molecule has 0 spiro atoms. The van der Waals surface area contributed by atoms with E-state index in [-0.39, 0.29) is 0 Å². The van der Waals surface area contributed by atoms with Gasteiger partial charge in [-0.25, -0.2) is 4.85 Å². The molecule has 6 nitrogen and oxygen atoms in total. The first-order chi connectivity index (χ1) is 36.3. The van der Waals surface area contributed by atoms with E-state index in [1.807, 2.05) is 40.9 Å². The van der Waals surface area contributed by atoms with Crippen LogP contribution in [0.4, 0.5) is 17.1 Å². The van der Waals surface area contributed by atoms with Crippen molar-refractivity contribution >= 4 is 75.6 Å². The van der Waals surface area contributed by atoms with Crippen molar-refractivity contribution in [2.45, 2.75) is 163 Å². The van der Waals surface area contributed by atoms with Crippen LogP contribution >= 0.6 is 34.0 Å². The molecule has 0 amide bonds. The van der Waals surface area contributed by atoms with Crippen molar-refractivity contribution in [3.05, 3.63) is 107 Å². The fourth-order valence-corrected chi connectivity index (χ4v) is 21.6. The quantitative estimate of drug-likeness (QED) is 0.0255. The molecule has 3 aromatic carbocycles. The number of unbranched alkanes of at least 4 members (excludes halogenated alkanes) is 8. The van der Waals surface area contributed by atoms with Crippen LogP contribution in [0, 0.1) is 18.4 Å². The molecule has 10 heteroatoms. The minimum absolute atomic E-state index is 0.530. The molecule has 0 aliphatic carbocycles. The zero-order chi connectivity index (χ0) is 51.9. The third-order valence-electron chi connectivity index (χ3n) is 15.4. The molecule has 0 N–H and O–H groups in total. The predicted octanol–water partition coefficient (Wildman–Crippen LogP) is 19.6. The van der Waals surface area contributed by atoms with Gasteiger partial charge in [-0.1, -0.05) is 144 Å². The fraction of sp³-hybridized carbons (Fsp3) is 0.484. The zero-order valence-electron chi connectivity index (χ0n) is 45.6. The van der Waals surface area contributed by atoms with Gasteiger partial charge in [0.15, 0.2) is 17.2 Å². The third kappa shape index (κ3) is 13.1. The maximum Gasteiger partial charge on any atom is 0.181 e. The molecule has 5 heterocycles. The molecule has 2 aliphatic heterocycles. The maximum atomic E-state index is 7.71. The van der Waals surface area contributed by atoms with Crippen molar-refractivity contribution in [3.8, 4) is 52.9 Å². The smallest absolute Gasteiger partial charge is 0.181 e. The van der Waals surface area contributed by atoms with E-state index in [2.05, 4.69) is 142 Å². The second-order valence-corrected chi connectivity index (χ2v) is 28.2. The summed E-state index contributed by atoms with van der Waals surface area (Å²) >= 11 is 5.68. The first kappa shape index (κ1) is 55.4. The number of hydrogen-bond acceptors (Lipinski definition) is 8. The van der Waals surface area contributed by atoms with Crippen LogP contribution in [0.1, 0.15) is 156 Å². The van der Waals surface area contributed by atoms with Gasteiger partial charge in [0, 0.05) is 36.6 Å². The molecule has 0 saturated carbocycles. The van der Waals surface area contributed by atoms with Crippen LogP contribution in [0.3, 0.4) is 0 Å². The molecule has 394 valence electrons. The Morgan fingerprint density at radius 1 is 0.595 bits per heavy atom. The molecule has 8 rings (SSSR count). The van der Waals surface area contributed by atoms with Crippen molar-refractivity contribution in [1.82, 2.24) is 0 Å². The standard InChI is InChI=1S/C64H82N2O4S3Si/c1-9-15-19-21-39-74(40-22-20-16-10-2)57-42-55(41-46(7)65-8)71-63(57)64-58(74)43-56(72-64)62-60-59(67-37-38-68-60)61(73-62)49-25-27-50(28-26-49)66(51-29-33-53(34-30-51)69-44-47(13-5)23-17-11-3)52-31-35-54(36-32-52)70-45-48(14-6)24-18-12-4/h25-36,41-43,47-48H,9-24,37-40,44-45H2,1-7H3/b46-41-. The average molecular weight is 1070 g/mol. The van der Waals surface area contributed by atoms with E-state index in [9.17, 15) is 0 Å². The molecule has 0 bridgehead atoms. The Morgan fingerprint density at radius 3 is 1.58 bits per heavy atom. The lowest BCUT2D eigenvalue weighted by molar-refractivity contribution is 0.175. The number of benzene rings is 3. The highest BCUT2D eigenvalue weighted by Crippen LogP contribution is 2.56. The SMILES string of the molecule is [C-]#[N+]/C(C)=C\c1cc2c(s1)-c1sc(-c3sc(-c4ccc(N(c5ccc(OCC(CC)CCCC)cc5)c5ccc(OCC(CC)CCCC)cc5)cc4)c4c3OCCO4)cc1[Si]2(CCCCCC)CCCCCC. The third-order valence-corrected chi connectivity index (χ3v) is 24.8. The van der Waals surface area contributed by atoms with Gasteiger partial charge in [0.25, 0.3) is 0 Å². The highest BCUT2D eigenvalue weighted by Gasteiger charge is 2.47. The van der Waals surface area contributed by atoms with E-state index in [4.69, 9.17) is 25.5 Å². The van der Waals surface area contributed by atoms with Gasteiger partial charge < -0.3 is 23.8 Å². The van der Waals surface area contributed by atoms with E-state index in [0.717, 1.165) is 82.3 Å². The Hall–Kier alpha value is -4.79. The summed E-state index contributed by atoms with van der Waals surface area (Å²) < 4.78 is 26.0. The second-order valence-electron chi connectivity index (χ2n) is 20.8. The molecule has 3 aromatic heterocycles. The molecule has 0 fully saturated rings. The molecule has 6 aromatic rings. The Kier molecular flexibility index (Phi) is 20.5. The molecule has 74 heavy (non-hydrogen) atoms. The summed E-state index contributed by atoms with van der Waals surface area (Å²) in [6, 6.07) is 33.9. The van der Waals surface area contributed by atoms with Crippen LogP contribution in [0.5, 0.6) is 23.0 Å². The van der Waals surface area contributed by atoms with Gasteiger partial charge in [-0.05, 0) is 138 Å². The summed E-state index contributed by atoms with van der Waals surface area (Å²) in [7, 11) is -2.10. The highest BCUT2D eigenvalue weighted by molar-refractivity contribution is 7.32. The number of nitrogens with zero attached hydrogens (tertiary/aromatic N) is 2. The Labute approximate surface area is 458 Å². The van der Waals surface area contributed by atoms with E-state index < -0.39 is 8.07 Å². The van der Waals surface area contributed by atoms with Crippen molar-refractivity contribution in [3.63, 3.8) is 0 Å². The topological polar surface area (TPSA) is 44.5 Å². The van der Waals surface area contributed by atoms with E-state index in [1.54, 1.807) is 10.4 Å². The van der Waals surface area contributed by atoms with Gasteiger partial charge in [0.2, 0.25) is 0 Å². The normalized spacial score (nSPS) is 14.3. The van der Waals surface area contributed by atoms with Crippen molar-refractivity contribution in [1.29, 1.82) is 0 Å². The van der Waals surface area contributed by atoms with Crippen LogP contribution in [-0.4, -0.2) is 34.5 Å². The van der Waals surface area contributed by atoms with Crippen LogP contribution < -0.4 is 34.2 Å². The molecule has 0 radical (unpaired) electrons. The van der Waals surface area contributed by atoms with Crippen LogP contribution in [0.25, 0.3) is 40.9 Å². The minimum atomic E-state index is -2.10. The van der Waals surface area contributed by atoms with Crippen LogP contribution in [0.15, 0.2) is 90.6 Å². The maximum absolute atomic E-state index is 7.71. The number of fused-ring (bicyclic) bond motifs is 4. The first-order valence-electron chi connectivity index (χ1n) is 28.4. The van der Waals surface area contributed by atoms with Gasteiger partial charge in [0.05, 0.1) is 29.5 Å². The lowest BCUT2D eigenvalue weighted by Gasteiger charge is -2.29. The number of anilines is 3. The van der Waals surface area contributed by atoms with Gasteiger partial charge in [-0.3, -0.25) is 0 Å². The lowest BCUT2D eigenvalue weighted by atomic mass is 10.0. The van der Waals surface area contributed by atoms with Gasteiger partial charge in [0.1, 0.15) is 32.8 Å². The average Bonchev–Trinajstić information content (AvgIpc) is 4.23. The number of hydrogen-bond donors (Lipinski definition) is 0. The Morgan fingerprint density at radius 2 is 1.08 bits per heavy atom. The van der Waals surface area contributed by atoms with Crippen molar-refractivity contribution in [2.75, 3.05) is 31.3 Å². The van der Waals surface area contributed by atoms with E-state index >= 15 is 0 Å². The monoisotopic (exact) mass is 1070 g/mol. The molecular weight excluding hydrogens is 985 g/mol. The first-order valence-corrected chi connectivity index (χ1v) is 33.3. The zero-order valence-corrected chi connectivity index (χ0v) is 49.1. The summed E-state index contributed by atoms with van der Waals surface area (Å²) in [5.41, 5.74) is 5.06. The van der Waals surface area contributed by atoms with Crippen molar-refractivity contribution in [2.24, 2.45) is 11.8 Å².